The van der Waals surface area contributed by atoms with E-state index in [2.05, 4.69) is 15.3 Å². The highest BCUT2D eigenvalue weighted by Gasteiger charge is 2.29. The number of imidazole rings is 1. The lowest BCUT2D eigenvalue weighted by Gasteiger charge is -2.11. The van der Waals surface area contributed by atoms with Crippen molar-refractivity contribution >= 4 is 23.2 Å². The van der Waals surface area contributed by atoms with Crippen LogP contribution in [0.5, 0.6) is 5.75 Å². The van der Waals surface area contributed by atoms with Gasteiger partial charge in [0.2, 0.25) is 0 Å². The molecule has 0 fully saturated rings. The van der Waals surface area contributed by atoms with Crippen molar-refractivity contribution in [3.63, 3.8) is 0 Å². The molecule has 0 radical (unpaired) electrons. The van der Waals surface area contributed by atoms with Gasteiger partial charge in [0.05, 0.1) is 24.7 Å². The largest absolute Gasteiger partial charge is 0.497 e. The van der Waals surface area contributed by atoms with E-state index < -0.39 is 5.82 Å². The summed E-state index contributed by atoms with van der Waals surface area (Å²) in [6.45, 7) is 1.86. The first-order valence-corrected chi connectivity index (χ1v) is 8.09. The highest BCUT2D eigenvalue weighted by molar-refractivity contribution is 6.36. The quantitative estimate of drug-likeness (QED) is 0.702. The van der Waals surface area contributed by atoms with Gasteiger partial charge >= 0.3 is 0 Å². The molecular weight excluding hydrogens is 333 g/mol. The van der Waals surface area contributed by atoms with Gasteiger partial charge in [0.15, 0.2) is 0 Å². The number of amides is 1. The van der Waals surface area contributed by atoms with Gasteiger partial charge in [0, 0.05) is 22.5 Å². The van der Waals surface area contributed by atoms with E-state index >= 15 is 0 Å². The molecule has 2 heterocycles. The lowest BCUT2D eigenvalue weighted by atomic mass is 9.93. The van der Waals surface area contributed by atoms with Crippen LogP contribution in [0.1, 0.15) is 17.0 Å². The average Bonchev–Trinajstić information content (AvgIpc) is 3.19. The number of halogens is 1. The average molecular weight is 349 g/mol. The normalized spacial score (nSPS) is 14.4. The number of fused-ring (bicyclic) bond motifs is 1. The molecular formula is C20H16FN3O2. The summed E-state index contributed by atoms with van der Waals surface area (Å²) in [5.41, 5.74) is 4.04. The third-order valence-corrected chi connectivity index (χ3v) is 4.45. The first-order valence-electron chi connectivity index (χ1n) is 8.09. The Hall–Kier alpha value is -3.41. The van der Waals surface area contributed by atoms with Gasteiger partial charge in [0.1, 0.15) is 11.6 Å². The smallest absolute Gasteiger partial charge is 0.256 e. The van der Waals surface area contributed by atoms with Gasteiger partial charge in [-0.05, 0) is 42.8 Å². The topological polar surface area (TPSA) is 67.0 Å². The van der Waals surface area contributed by atoms with E-state index in [1.54, 1.807) is 49.8 Å². The van der Waals surface area contributed by atoms with Crippen LogP contribution >= 0.6 is 0 Å². The van der Waals surface area contributed by atoms with Crippen molar-refractivity contribution in [3.8, 4) is 16.9 Å². The number of ether oxygens (including phenoxy) is 1. The maximum absolute atomic E-state index is 14.8. The van der Waals surface area contributed by atoms with Gasteiger partial charge in [-0.25, -0.2) is 9.37 Å². The van der Waals surface area contributed by atoms with Gasteiger partial charge < -0.3 is 15.0 Å². The van der Waals surface area contributed by atoms with E-state index in [1.165, 1.54) is 6.07 Å². The van der Waals surface area contributed by atoms with E-state index in [1.807, 2.05) is 6.92 Å². The molecule has 2 aromatic carbocycles. The molecule has 130 valence electrons. The van der Waals surface area contributed by atoms with E-state index in [-0.39, 0.29) is 5.91 Å². The summed E-state index contributed by atoms with van der Waals surface area (Å²) >= 11 is 0. The summed E-state index contributed by atoms with van der Waals surface area (Å²) in [4.78, 5) is 19.7. The van der Waals surface area contributed by atoms with E-state index in [9.17, 15) is 9.18 Å². The molecule has 1 aromatic heterocycles. The number of benzene rings is 2. The Morgan fingerprint density at radius 1 is 1.12 bits per heavy atom. The molecule has 0 bridgehead atoms. The van der Waals surface area contributed by atoms with Crippen LogP contribution in [0.15, 0.2) is 42.7 Å². The summed E-state index contributed by atoms with van der Waals surface area (Å²) < 4.78 is 19.9. The molecule has 5 nitrogen and oxygen atoms in total. The summed E-state index contributed by atoms with van der Waals surface area (Å²) in [7, 11) is 1.57. The predicted octanol–water partition coefficient (Wildman–Crippen LogP) is 4.03. The minimum atomic E-state index is -0.393. The lowest BCUT2D eigenvalue weighted by Crippen LogP contribution is -2.03. The Morgan fingerprint density at radius 3 is 2.54 bits per heavy atom. The van der Waals surface area contributed by atoms with Crippen LogP contribution in [0.3, 0.4) is 0 Å². The number of hydrogen-bond donors (Lipinski definition) is 2. The predicted molar refractivity (Wildman–Crippen MR) is 98.2 cm³/mol. The Labute approximate surface area is 149 Å². The first kappa shape index (κ1) is 16.1. The monoisotopic (exact) mass is 349 g/mol. The molecule has 26 heavy (non-hydrogen) atoms. The second-order valence-electron chi connectivity index (χ2n) is 6.00. The molecule has 6 heteroatoms. The number of rotatable bonds is 3. The summed E-state index contributed by atoms with van der Waals surface area (Å²) in [5.74, 6) is 0.0108. The van der Waals surface area contributed by atoms with Crippen LogP contribution in [-0.4, -0.2) is 23.0 Å². The SMILES string of the molecule is COc1ccc(-c2c(F)ccc3c2/C(=C/c2nc[nH]c2C)C(=O)N3)cc1. The zero-order valence-electron chi connectivity index (χ0n) is 14.3. The minimum Gasteiger partial charge on any atom is -0.497 e. The number of hydrogen-bond acceptors (Lipinski definition) is 3. The number of aromatic amines is 1. The lowest BCUT2D eigenvalue weighted by molar-refractivity contribution is -0.110. The molecule has 0 saturated heterocycles. The second kappa shape index (κ2) is 6.15. The molecule has 0 aliphatic carbocycles. The van der Waals surface area contributed by atoms with Crippen LogP contribution in [0, 0.1) is 12.7 Å². The number of nitrogens with zero attached hydrogens (tertiary/aromatic N) is 1. The summed E-state index contributed by atoms with van der Waals surface area (Å²) in [6, 6.07) is 10.0. The van der Waals surface area contributed by atoms with Crippen molar-refractivity contribution in [2.75, 3.05) is 12.4 Å². The third-order valence-electron chi connectivity index (χ3n) is 4.45. The maximum Gasteiger partial charge on any atom is 0.256 e. The van der Waals surface area contributed by atoms with Crippen LogP contribution in [0.25, 0.3) is 22.8 Å². The highest BCUT2D eigenvalue weighted by Crippen LogP contribution is 2.42. The van der Waals surface area contributed by atoms with Crippen LogP contribution in [-0.2, 0) is 4.79 Å². The van der Waals surface area contributed by atoms with Crippen LogP contribution in [0.2, 0.25) is 0 Å². The number of aromatic nitrogens is 2. The molecule has 1 amide bonds. The fourth-order valence-electron chi connectivity index (χ4n) is 3.09. The third kappa shape index (κ3) is 2.56. The molecule has 1 aliphatic rings. The highest BCUT2D eigenvalue weighted by atomic mass is 19.1. The number of carbonyl (C=O) groups excluding carboxylic acids is 1. The van der Waals surface area contributed by atoms with E-state index in [0.29, 0.717) is 39.4 Å². The molecule has 0 unspecified atom stereocenters. The number of H-pyrrole nitrogens is 1. The fraction of sp³-hybridized carbons (Fsp3) is 0.100. The zero-order valence-corrected chi connectivity index (χ0v) is 14.3. The van der Waals surface area contributed by atoms with E-state index in [4.69, 9.17) is 4.74 Å². The van der Waals surface area contributed by atoms with Crippen molar-refractivity contribution in [3.05, 3.63) is 65.5 Å². The van der Waals surface area contributed by atoms with Gasteiger partial charge in [-0.3, -0.25) is 4.79 Å². The number of aryl methyl sites for hydroxylation is 1. The van der Waals surface area contributed by atoms with Crippen molar-refractivity contribution in [2.24, 2.45) is 0 Å². The minimum absolute atomic E-state index is 0.275. The molecule has 3 aromatic rings. The Balaban J connectivity index is 1.93. The number of methoxy groups -OCH3 is 1. The number of nitrogens with one attached hydrogen (secondary N) is 2. The molecule has 0 atom stereocenters. The fourth-order valence-corrected chi connectivity index (χ4v) is 3.09. The van der Waals surface area contributed by atoms with Crippen molar-refractivity contribution < 1.29 is 13.9 Å². The molecule has 4 rings (SSSR count). The Morgan fingerprint density at radius 2 is 1.88 bits per heavy atom. The summed E-state index contributed by atoms with van der Waals surface area (Å²) in [5, 5.41) is 2.80. The zero-order chi connectivity index (χ0) is 18.3. The standard InChI is InChI=1S/C20H16FN3O2/c1-11-17(23-10-22-11)9-14-19-16(24-20(14)25)8-7-15(21)18(19)12-3-5-13(26-2)6-4-12/h3-10H,1-2H3,(H,22,23)(H,24,25)/b14-9-. The number of carbonyl (C=O) groups is 1. The van der Waals surface area contributed by atoms with Crippen LogP contribution in [0.4, 0.5) is 10.1 Å². The van der Waals surface area contributed by atoms with Gasteiger partial charge in [-0.1, -0.05) is 12.1 Å². The maximum atomic E-state index is 14.8. The first-order chi connectivity index (χ1) is 12.6. The van der Waals surface area contributed by atoms with Crippen molar-refractivity contribution in [1.29, 1.82) is 0 Å². The molecule has 1 aliphatic heterocycles. The van der Waals surface area contributed by atoms with Gasteiger partial charge in [0.25, 0.3) is 5.91 Å². The van der Waals surface area contributed by atoms with Crippen LogP contribution < -0.4 is 10.1 Å². The Kier molecular flexibility index (Phi) is 3.80. The Bertz CT molecular complexity index is 1040. The molecule has 2 N–H and O–H groups in total. The van der Waals surface area contributed by atoms with Crippen molar-refractivity contribution in [2.45, 2.75) is 6.92 Å². The van der Waals surface area contributed by atoms with E-state index in [0.717, 1.165) is 5.69 Å². The number of anilines is 1. The summed E-state index contributed by atoms with van der Waals surface area (Å²) in [6.07, 6.45) is 3.24. The van der Waals surface area contributed by atoms with Gasteiger partial charge in [-0.2, -0.15) is 0 Å². The molecule has 0 spiro atoms. The second-order valence-corrected chi connectivity index (χ2v) is 6.00. The molecule has 0 saturated carbocycles. The van der Waals surface area contributed by atoms with Crippen molar-refractivity contribution in [1.82, 2.24) is 9.97 Å². The van der Waals surface area contributed by atoms with Gasteiger partial charge in [-0.15, -0.1) is 0 Å².